The van der Waals surface area contributed by atoms with Gasteiger partial charge in [0.05, 0.1) is 6.10 Å². The van der Waals surface area contributed by atoms with Gasteiger partial charge < -0.3 is 15.2 Å². The first-order valence-corrected chi connectivity index (χ1v) is 7.14. The average Bonchev–Trinajstić information content (AvgIpc) is 2.40. The topological polar surface area (TPSA) is 44.5 Å². The molecule has 3 nitrogen and oxygen atoms in total. The summed E-state index contributed by atoms with van der Waals surface area (Å²) < 4.78 is 45.6. The molecule has 1 heterocycles. The Morgan fingerprint density at radius 1 is 1.24 bits per heavy atom. The van der Waals surface area contributed by atoms with Crippen molar-refractivity contribution >= 4 is 0 Å². The van der Waals surface area contributed by atoms with Gasteiger partial charge in [0, 0.05) is 12.6 Å². The molecule has 2 unspecified atom stereocenters. The molecule has 21 heavy (non-hydrogen) atoms. The van der Waals surface area contributed by atoms with E-state index in [0.717, 1.165) is 31.4 Å². The van der Waals surface area contributed by atoms with Crippen LogP contribution in [0.4, 0.5) is 13.2 Å². The third-order valence-corrected chi connectivity index (χ3v) is 3.49. The standard InChI is InChI=1S/C15H20F3NO2/c16-15(17,18)21-13-6-4-11(5-7-13)9-12(19)10-14-3-1-2-8-20-14/h4-7,12,14H,1-3,8-10,19H2. The van der Waals surface area contributed by atoms with Gasteiger partial charge in [-0.2, -0.15) is 0 Å². The van der Waals surface area contributed by atoms with Crippen molar-refractivity contribution in [1.82, 2.24) is 0 Å². The number of rotatable bonds is 5. The molecule has 0 amide bonds. The van der Waals surface area contributed by atoms with Crippen molar-refractivity contribution < 1.29 is 22.6 Å². The zero-order valence-corrected chi connectivity index (χ0v) is 11.7. The molecule has 2 atom stereocenters. The van der Waals surface area contributed by atoms with E-state index in [9.17, 15) is 13.2 Å². The zero-order valence-electron chi connectivity index (χ0n) is 11.7. The monoisotopic (exact) mass is 303 g/mol. The number of hydrogen-bond donors (Lipinski definition) is 1. The van der Waals surface area contributed by atoms with Gasteiger partial charge >= 0.3 is 6.36 Å². The van der Waals surface area contributed by atoms with Crippen molar-refractivity contribution in [3.05, 3.63) is 29.8 Å². The third-order valence-electron chi connectivity index (χ3n) is 3.49. The van der Waals surface area contributed by atoms with Gasteiger partial charge in [0.1, 0.15) is 5.75 Å². The van der Waals surface area contributed by atoms with Gasteiger partial charge in [0.15, 0.2) is 0 Å². The Morgan fingerprint density at radius 2 is 1.95 bits per heavy atom. The highest BCUT2D eigenvalue weighted by Crippen LogP contribution is 2.23. The molecule has 0 radical (unpaired) electrons. The van der Waals surface area contributed by atoms with Crippen LogP contribution in [0.3, 0.4) is 0 Å². The summed E-state index contributed by atoms with van der Waals surface area (Å²) in [6.45, 7) is 0.793. The molecule has 1 saturated heterocycles. The molecule has 1 aliphatic heterocycles. The quantitative estimate of drug-likeness (QED) is 0.906. The zero-order chi connectivity index (χ0) is 15.3. The lowest BCUT2D eigenvalue weighted by molar-refractivity contribution is -0.274. The van der Waals surface area contributed by atoms with Gasteiger partial charge in [0.25, 0.3) is 0 Å². The van der Waals surface area contributed by atoms with Crippen LogP contribution in [-0.4, -0.2) is 25.1 Å². The van der Waals surface area contributed by atoms with Gasteiger partial charge in [-0.25, -0.2) is 0 Å². The highest BCUT2D eigenvalue weighted by atomic mass is 19.4. The van der Waals surface area contributed by atoms with Crippen molar-refractivity contribution in [2.24, 2.45) is 5.73 Å². The second-order valence-corrected chi connectivity index (χ2v) is 5.38. The van der Waals surface area contributed by atoms with Crippen molar-refractivity contribution in [3.63, 3.8) is 0 Å². The summed E-state index contributed by atoms with van der Waals surface area (Å²) in [5.41, 5.74) is 6.98. The molecule has 6 heteroatoms. The first-order chi connectivity index (χ1) is 9.92. The van der Waals surface area contributed by atoms with Crippen LogP contribution in [0.2, 0.25) is 0 Å². The minimum Gasteiger partial charge on any atom is -0.406 e. The summed E-state index contributed by atoms with van der Waals surface area (Å²) in [7, 11) is 0. The lowest BCUT2D eigenvalue weighted by Crippen LogP contribution is -2.31. The van der Waals surface area contributed by atoms with E-state index in [0.29, 0.717) is 6.42 Å². The van der Waals surface area contributed by atoms with E-state index in [-0.39, 0.29) is 17.9 Å². The van der Waals surface area contributed by atoms with Crippen LogP contribution in [0.25, 0.3) is 0 Å². The molecule has 1 aromatic rings. The van der Waals surface area contributed by atoms with E-state index in [1.165, 1.54) is 18.6 Å². The van der Waals surface area contributed by atoms with E-state index >= 15 is 0 Å². The average molecular weight is 303 g/mol. The maximum absolute atomic E-state index is 12.1. The number of hydrogen-bond acceptors (Lipinski definition) is 3. The number of nitrogens with two attached hydrogens (primary N) is 1. The summed E-state index contributed by atoms with van der Waals surface area (Å²) in [6, 6.07) is 5.80. The number of ether oxygens (including phenoxy) is 2. The SMILES string of the molecule is NC(Cc1ccc(OC(F)(F)F)cc1)CC1CCCCO1. The molecule has 0 saturated carbocycles. The maximum atomic E-state index is 12.1. The molecule has 2 N–H and O–H groups in total. The molecule has 0 aliphatic carbocycles. The van der Waals surface area contributed by atoms with Gasteiger partial charge in [0.2, 0.25) is 0 Å². The molecule has 118 valence electrons. The second-order valence-electron chi connectivity index (χ2n) is 5.38. The van der Waals surface area contributed by atoms with Crippen LogP contribution in [-0.2, 0) is 11.2 Å². The summed E-state index contributed by atoms with van der Waals surface area (Å²) >= 11 is 0. The second kappa shape index (κ2) is 7.13. The van der Waals surface area contributed by atoms with Crippen LogP contribution in [0.1, 0.15) is 31.2 Å². The number of benzene rings is 1. The molecule has 0 bridgehead atoms. The normalized spacial score (nSPS) is 21.0. The highest BCUT2D eigenvalue weighted by molar-refractivity contribution is 5.27. The van der Waals surface area contributed by atoms with E-state index < -0.39 is 6.36 Å². The van der Waals surface area contributed by atoms with Gasteiger partial charge in [-0.1, -0.05) is 12.1 Å². The fraction of sp³-hybridized carbons (Fsp3) is 0.600. The largest absolute Gasteiger partial charge is 0.573 e. The molecule has 0 aromatic heterocycles. The Kier molecular flexibility index (Phi) is 5.47. The van der Waals surface area contributed by atoms with Crippen molar-refractivity contribution in [2.75, 3.05) is 6.61 Å². The van der Waals surface area contributed by atoms with Crippen molar-refractivity contribution in [1.29, 1.82) is 0 Å². The van der Waals surface area contributed by atoms with Crippen LogP contribution < -0.4 is 10.5 Å². The van der Waals surface area contributed by atoms with E-state index in [1.54, 1.807) is 12.1 Å². The lowest BCUT2D eigenvalue weighted by atomic mass is 9.97. The maximum Gasteiger partial charge on any atom is 0.573 e. The fourth-order valence-corrected chi connectivity index (χ4v) is 2.54. The molecular weight excluding hydrogens is 283 g/mol. The number of halogens is 3. The number of alkyl halides is 3. The molecule has 1 aromatic carbocycles. The Morgan fingerprint density at radius 3 is 2.52 bits per heavy atom. The summed E-state index contributed by atoms with van der Waals surface area (Å²) in [4.78, 5) is 0. The fourth-order valence-electron chi connectivity index (χ4n) is 2.54. The van der Waals surface area contributed by atoms with Gasteiger partial charge in [-0.05, 0) is 49.8 Å². The molecule has 0 spiro atoms. The minimum absolute atomic E-state index is 0.0533. The Labute approximate surface area is 122 Å². The Bertz CT molecular complexity index is 428. The van der Waals surface area contributed by atoms with Crippen molar-refractivity contribution in [2.45, 2.75) is 50.6 Å². The predicted molar refractivity (Wildman–Crippen MR) is 73.0 cm³/mol. The van der Waals surface area contributed by atoms with Gasteiger partial charge in [-0.3, -0.25) is 0 Å². The van der Waals surface area contributed by atoms with Gasteiger partial charge in [-0.15, -0.1) is 13.2 Å². The smallest absolute Gasteiger partial charge is 0.406 e. The van der Waals surface area contributed by atoms with Crippen LogP contribution in [0.15, 0.2) is 24.3 Å². The first-order valence-electron chi connectivity index (χ1n) is 7.14. The van der Waals surface area contributed by atoms with Crippen molar-refractivity contribution in [3.8, 4) is 5.75 Å². The summed E-state index contributed by atoms with van der Waals surface area (Å²) in [5.74, 6) is -0.213. The molecule has 1 fully saturated rings. The van der Waals surface area contributed by atoms with Crippen LogP contribution in [0, 0.1) is 0 Å². The third kappa shape index (κ3) is 5.93. The van der Waals surface area contributed by atoms with E-state index in [2.05, 4.69) is 4.74 Å². The molecule has 1 aliphatic rings. The van der Waals surface area contributed by atoms with Crippen LogP contribution >= 0.6 is 0 Å². The highest BCUT2D eigenvalue weighted by Gasteiger charge is 2.31. The lowest BCUT2D eigenvalue weighted by Gasteiger charge is -2.25. The minimum atomic E-state index is -4.66. The van der Waals surface area contributed by atoms with E-state index in [1.807, 2.05) is 0 Å². The Balaban J connectivity index is 1.81. The first kappa shape index (κ1) is 16.1. The summed E-state index contributed by atoms with van der Waals surface area (Å²) in [5, 5.41) is 0. The predicted octanol–water partition coefficient (Wildman–Crippen LogP) is 3.41. The Hall–Kier alpha value is -1.27. The molecular formula is C15H20F3NO2. The summed E-state index contributed by atoms with van der Waals surface area (Å²) in [6.07, 6.45) is 0.254. The molecule has 2 rings (SSSR count). The van der Waals surface area contributed by atoms with E-state index in [4.69, 9.17) is 10.5 Å². The van der Waals surface area contributed by atoms with Crippen LogP contribution in [0.5, 0.6) is 5.75 Å².